The fraction of sp³-hybridized carbons (Fsp3) is 0.286. The van der Waals surface area contributed by atoms with Gasteiger partial charge in [0.05, 0.1) is 35.3 Å². The molecule has 0 spiro atoms. The highest BCUT2D eigenvalue weighted by Gasteiger charge is 2.16. The number of rotatable bonds is 5. The Hall–Kier alpha value is -2.87. The van der Waals surface area contributed by atoms with E-state index < -0.39 is 11.2 Å². The number of aromatic nitrogens is 2. The molecule has 0 unspecified atom stereocenters. The Morgan fingerprint density at radius 3 is 2.62 bits per heavy atom. The molecule has 0 bridgehead atoms. The number of nitrogens with one attached hydrogen (secondary N) is 1. The lowest BCUT2D eigenvalue weighted by atomic mass is 9.99. The molecule has 0 atom stereocenters. The number of benzene rings is 2. The lowest BCUT2D eigenvalue weighted by molar-refractivity contribution is 0.190. The first-order valence-electron chi connectivity index (χ1n) is 8.98. The van der Waals surface area contributed by atoms with Crippen molar-refractivity contribution in [1.29, 1.82) is 0 Å². The molecule has 7 nitrogen and oxygen atoms in total. The number of halogens is 1. The lowest BCUT2D eigenvalue weighted by Crippen LogP contribution is -2.32. The molecule has 1 aromatic heterocycles. The van der Waals surface area contributed by atoms with Crippen LogP contribution in [-0.2, 0) is 0 Å². The number of hydrogen-bond donors (Lipinski definition) is 1. The van der Waals surface area contributed by atoms with Crippen LogP contribution < -0.4 is 20.7 Å². The van der Waals surface area contributed by atoms with Crippen LogP contribution in [0.15, 0.2) is 55.6 Å². The fourth-order valence-electron chi connectivity index (χ4n) is 2.63. The molecular weight excluding hydrogens is 438 g/mol. The average molecular weight is 460 g/mol. The molecule has 1 N–H and O–H groups in total. The Kier molecular flexibility index (Phi) is 5.93. The molecule has 3 aromatic rings. The minimum Gasteiger partial charge on any atom is -0.493 e. The van der Waals surface area contributed by atoms with Crippen LogP contribution in [0.3, 0.4) is 0 Å². The number of nitrogens with zero attached hydrogens (tertiary/aromatic N) is 2. The van der Waals surface area contributed by atoms with Gasteiger partial charge < -0.3 is 14.5 Å². The van der Waals surface area contributed by atoms with Gasteiger partial charge in [0.15, 0.2) is 11.5 Å². The van der Waals surface area contributed by atoms with Crippen molar-refractivity contribution < 1.29 is 9.47 Å². The van der Waals surface area contributed by atoms with Crippen LogP contribution in [-0.4, -0.2) is 29.6 Å². The highest BCUT2D eigenvalue weighted by molar-refractivity contribution is 9.10. The summed E-state index contributed by atoms with van der Waals surface area (Å²) < 4.78 is 12.8. The van der Waals surface area contributed by atoms with E-state index in [4.69, 9.17) is 9.47 Å². The molecule has 0 aliphatic carbocycles. The average Bonchev–Trinajstić information content (AvgIpc) is 2.65. The third-order valence-corrected chi connectivity index (χ3v) is 4.60. The summed E-state index contributed by atoms with van der Waals surface area (Å²) in [5, 5.41) is 4.46. The van der Waals surface area contributed by atoms with Gasteiger partial charge in [-0.1, -0.05) is 32.9 Å². The van der Waals surface area contributed by atoms with Crippen molar-refractivity contribution in [3.05, 3.63) is 67.3 Å². The first-order valence-corrected chi connectivity index (χ1v) is 9.78. The number of para-hydroxylation sites is 1. The van der Waals surface area contributed by atoms with Gasteiger partial charge in [0.1, 0.15) is 0 Å². The predicted octanol–water partition coefficient (Wildman–Crippen LogP) is 3.77. The van der Waals surface area contributed by atoms with E-state index in [2.05, 4.69) is 46.8 Å². The van der Waals surface area contributed by atoms with Gasteiger partial charge in [-0.2, -0.15) is 5.10 Å². The Morgan fingerprint density at radius 2 is 1.93 bits per heavy atom. The van der Waals surface area contributed by atoms with Gasteiger partial charge in [-0.25, -0.2) is 4.79 Å². The van der Waals surface area contributed by atoms with Crippen molar-refractivity contribution in [1.82, 2.24) is 9.66 Å². The highest BCUT2D eigenvalue weighted by Crippen LogP contribution is 2.37. The van der Waals surface area contributed by atoms with Gasteiger partial charge >= 0.3 is 5.69 Å². The second-order valence-corrected chi connectivity index (χ2v) is 8.58. The van der Waals surface area contributed by atoms with Gasteiger partial charge in [-0.3, -0.25) is 4.79 Å². The maximum atomic E-state index is 12.6. The molecule has 2 aromatic carbocycles. The third-order valence-electron chi connectivity index (χ3n) is 4.01. The highest BCUT2D eigenvalue weighted by atomic mass is 79.9. The first kappa shape index (κ1) is 20.9. The van der Waals surface area contributed by atoms with E-state index in [1.54, 1.807) is 43.5 Å². The van der Waals surface area contributed by atoms with E-state index in [0.29, 0.717) is 39.0 Å². The second-order valence-electron chi connectivity index (χ2n) is 7.72. The zero-order chi connectivity index (χ0) is 21.2. The minimum atomic E-state index is -0.610. The zero-order valence-electron chi connectivity index (χ0n) is 16.7. The van der Waals surface area contributed by atoms with Gasteiger partial charge in [-0.05, 0) is 51.2 Å². The molecule has 29 heavy (non-hydrogen) atoms. The lowest BCUT2D eigenvalue weighted by Gasteiger charge is -2.21. The summed E-state index contributed by atoms with van der Waals surface area (Å²) in [5.74, 6) is 1.10. The summed E-state index contributed by atoms with van der Waals surface area (Å²) in [7, 11) is 1.55. The van der Waals surface area contributed by atoms with E-state index in [1.807, 2.05) is 0 Å². The molecular formula is C21H22BrN3O4. The first-order chi connectivity index (χ1) is 13.7. The fourth-order valence-corrected chi connectivity index (χ4v) is 3.20. The van der Waals surface area contributed by atoms with Crippen molar-refractivity contribution >= 4 is 33.0 Å². The summed E-state index contributed by atoms with van der Waals surface area (Å²) >= 11 is 3.49. The number of H-pyrrole nitrogens is 1. The molecule has 8 heteroatoms. The van der Waals surface area contributed by atoms with Gasteiger partial charge in [0.25, 0.3) is 5.56 Å². The largest absolute Gasteiger partial charge is 0.493 e. The summed E-state index contributed by atoms with van der Waals surface area (Å²) in [4.78, 5) is 27.5. The van der Waals surface area contributed by atoms with E-state index in [1.165, 1.54) is 6.21 Å². The van der Waals surface area contributed by atoms with E-state index in [0.717, 1.165) is 4.68 Å². The Bertz CT molecular complexity index is 1190. The van der Waals surface area contributed by atoms with Crippen LogP contribution in [0.1, 0.15) is 26.3 Å². The van der Waals surface area contributed by atoms with Crippen molar-refractivity contribution in [2.75, 3.05) is 13.7 Å². The SMILES string of the molecule is COc1cc(C=Nn2c(=O)[nH]c3ccccc3c2=O)cc(Br)c1OCC(C)(C)C. The number of ether oxygens (including phenoxy) is 2. The van der Waals surface area contributed by atoms with Gasteiger partial charge in [0.2, 0.25) is 0 Å². The summed E-state index contributed by atoms with van der Waals surface area (Å²) in [6.45, 7) is 6.74. The van der Waals surface area contributed by atoms with Gasteiger partial charge in [-0.15, -0.1) is 4.68 Å². The van der Waals surface area contributed by atoms with Gasteiger partial charge in [0, 0.05) is 0 Å². The maximum Gasteiger partial charge on any atom is 0.349 e. The quantitative estimate of drug-likeness (QED) is 0.588. The molecule has 152 valence electrons. The number of hydrogen-bond acceptors (Lipinski definition) is 5. The zero-order valence-corrected chi connectivity index (χ0v) is 18.2. The van der Waals surface area contributed by atoms with Crippen LogP contribution in [0.4, 0.5) is 0 Å². The Morgan fingerprint density at radius 1 is 1.21 bits per heavy atom. The third kappa shape index (κ3) is 4.76. The maximum absolute atomic E-state index is 12.6. The molecule has 0 fully saturated rings. The molecule has 0 aliphatic heterocycles. The molecule has 0 aliphatic rings. The van der Waals surface area contributed by atoms with E-state index in [-0.39, 0.29) is 5.41 Å². The number of methoxy groups -OCH3 is 1. The normalized spacial score (nSPS) is 11.9. The van der Waals surface area contributed by atoms with Crippen molar-refractivity contribution in [3.63, 3.8) is 0 Å². The topological polar surface area (TPSA) is 85.7 Å². The second kappa shape index (κ2) is 8.24. The predicted molar refractivity (Wildman–Crippen MR) is 117 cm³/mol. The van der Waals surface area contributed by atoms with Crippen molar-refractivity contribution in [2.45, 2.75) is 20.8 Å². The smallest absolute Gasteiger partial charge is 0.349 e. The number of fused-ring (bicyclic) bond motifs is 1. The van der Waals surface area contributed by atoms with Crippen LogP contribution >= 0.6 is 15.9 Å². The number of aromatic amines is 1. The van der Waals surface area contributed by atoms with E-state index in [9.17, 15) is 9.59 Å². The summed E-state index contributed by atoms with van der Waals surface area (Å²) in [6.07, 6.45) is 1.42. The molecule has 3 rings (SSSR count). The van der Waals surface area contributed by atoms with Crippen molar-refractivity contribution in [3.8, 4) is 11.5 Å². The summed E-state index contributed by atoms with van der Waals surface area (Å²) in [6, 6.07) is 10.3. The van der Waals surface area contributed by atoms with Crippen LogP contribution in [0, 0.1) is 5.41 Å². The summed E-state index contributed by atoms with van der Waals surface area (Å²) in [5.41, 5.74) is -0.00376. The van der Waals surface area contributed by atoms with Crippen LogP contribution in [0.5, 0.6) is 11.5 Å². The molecule has 0 saturated carbocycles. The molecule has 0 radical (unpaired) electrons. The van der Waals surface area contributed by atoms with Crippen molar-refractivity contribution in [2.24, 2.45) is 10.5 Å². The van der Waals surface area contributed by atoms with E-state index >= 15 is 0 Å². The minimum absolute atomic E-state index is 0.0111. The Balaban J connectivity index is 1.98. The monoisotopic (exact) mass is 459 g/mol. The molecule has 1 heterocycles. The molecule has 0 amide bonds. The molecule has 0 saturated heterocycles. The standard InChI is InChI=1S/C21H22BrN3O4/c1-21(2,3)12-29-18-15(22)9-13(10-17(18)28-4)11-23-25-19(26)14-7-5-6-8-16(14)24-20(25)27/h5-11H,12H2,1-4H3,(H,24,27). The van der Waals surface area contributed by atoms with Crippen LogP contribution in [0.2, 0.25) is 0 Å². The van der Waals surface area contributed by atoms with Crippen LogP contribution in [0.25, 0.3) is 10.9 Å². The Labute approximate surface area is 176 Å².